The Bertz CT molecular complexity index is 708. The Morgan fingerprint density at radius 1 is 1.32 bits per heavy atom. The Hall–Kier alpha value is -2.44. The highest BCUT2D eigenvalue weighted by Gasteiger charge is 2.30. The smallest absolute Gasteiger partial charge is 0.258 e. The second-order valence-corrected chi connectivity index (χ2v) is 6.01. The topological polar surface area (TPSA) is 54.9 Å². The summed E-state index contributed by atoms with van der Waals surface area (Å²) in [5, 5.41) is 0. The summed E-state index contributed by atoms with van der Waals surface area (Å²) in [5.74, 6) is 0.948. The summed E-state index contributed by atoms with van der Waals surface area (Å²) in [6.45, 7) is 2.73. The molecule has 2 heterocycles. The molecule has 132 valence electrons. The molecular weight excluding hydrogens is 318 g/mol. The number of benzene rings is 1. The van der Waals surface area contributed by atoms with E-state index in [4.69, 9.17) is 9.47 Å². The first-order valence-corrected chi connectivity index (χ1v) is 8.33. The van der Waals surface area contributed by atoms with Crippen LogP contribution >= 0.6 is 0 Å². The zero-order valence-electron chi connectivity index (χ0n) is 14.6. The van der Waals surface area contributed by atoms with Crippen LogP contribution in [0, 0.1) is 0 Å². The van der Waals surface area contributed by atoms with Crippen LogP contribution in [0.25, 0.3) is 0 Å². The minimum atomic E-state index is -0.505. The van der Waals surface area contributed by atoms with Gasteiger partial charge < -0.3 is 9.47 Å². The number of hydrogen-bond donors (Lipinski definition) is 0. The molecule has 1 atom stereocenters. The summed E-state index contributed by atoms with van der Waals surface area (Å²) in [6, 6.07) is 13.8. The second kappa shape index (κ2) is 8.09. The molecule has 0 aliphatic carbocycles. The molecule has 1 aliphatic rings. The summed E-state index contributed by atoms with van der Waals surface area (Å²) in [6.07, 6.45) is 1.14. The van der Waals surface area contributed by atoms with Crippen LogP contribution in [0.1, 0.15) is 5.56 Å². The molecule has 1 aromatic carbocycles. The number of methoxy groups -OCH3 is 1. The molecular formula is C19H23N3O3. The van der Waals surface area contributed by atoms with Gasteiger partial charge in [0.2, 0.25) is 0 Å². The fourth-order valence-electron chi connectivity index (χ4n) is 2.95. The first kappa shape index (κ1) is 17.4. The van der Waals surface area contributed by atoms with Gasteiger partial charge in [0.15, 0.2) is 11.6 Å². The zero-order chi connectivity index (χ0) is 17.6. The number of hydrogen-bond acceptors (Lipinski definition) is 5. The number of carbonyl (C=O) groups excluding carboxylic acids is 1. The standard InChI is InChI=1S/C19H23N3O3/c1-21(18-16(24-2)9-6-10-20-18)19(23)17-14-22(11-12-25-17)13-15-7-4-3-5-8-15/h3-10,17H,11-14H2,1-2H3/t17-/m0/s1. The fourth-order valence-corrected chi connectivity index (χ4v) is 2.95. The van der Waals surface area contributed by atoms with Gasteiger partial charge in [-0.1, -0.05) is 30.3 Å². The molecule has 1 amide bonds. The number of morpholine rings is 1. The fraction of sp³-hybridized carbons (Fsp3) is 0.368. The lowest BCUT2D eigenvalue weighted by Gasteiger charge is -2.34. The lowest BCUT2D eigenvalue weighted by Crippen LogP contribution is -2.50. The summed E-state index contributed by atoms with van der Waals surface area (Å²) in [4.78, 5) is 20.9. The van der Waals surface area contributed by atoms with Crippen molar-refractivity contribution in [1.29, 1.82) is 0 Å². The van der Waals surface area contributed by atoms with Crippen LogP contribution in [0.2, 0.25) is 0 Å². The Morgan fingerprint density at radius 3 is 2.88 bits per heavy atom. The van der Waals surface area contributed by atoms with E-state index in [1.165, 1.54) is 10.5 Å². The number of likely N-dealkylation sites (N-methyl/N-ethyl adjacent to an activating group) is 1. The van der Waals surface area contributed by atoms with Crippen molar-refractivity contribution in [3.63, 3.8) is 0 Å². The average Bonchev–Trinajstić information content (AvgIpc) is 2.68. The highest BCUT2D eigenvalue weighted by molar-refractivity contribution is 5.96. The van der Waals surface area contributed by atoms with E-state index in [0.717, 1.165) is 13.1 Å². The van der Waals surface area contributed by atoms with Gasteiger partial charge in [0.1, 0.15) is 6.10 Å². The van der Waals surface area contributed by atoms with Gasteiger partial charge >= 0.3 is 0 Å². The molecule has 1 saturated heterocycles. The van der Waals surface area contributed by atoms with Gasteiger partial charge in [-0.25, -0.2) is 4.98 Å². The summed E-state index contributed by atoms with van der Waals surface area (Å²) in [5.41, 5.74) is 1.23. The molecule has 0 saturated carbocycles. The second-order valence-electron chi connectivity index (χ2n) is 6.01. The minimum Gasteiger partial charge on any atom is -0.493 e. The van der Waals surface area contributed by atoms with Crippen LogP contribution in [0.15, 0.2) is 48.7 Å². The maximum atomic E-state index is 12.8. The summed E-state index contributed by atoms with van der Waals surface area (Å²) in [7, 11) is 3.27. The van der Waals surface area contributed by atoms with Gasteiger partial charge in [-0.3, -0.25) is 14.6 Å². The van der Waals surface area contributed by atoms with Gasteiger partial charge in [-0.2, -0.15) is 0 Å². The predicted octanol–water partition coefficient (Wildman–Crippen LogP) is 1.95. The third kappa shape index (κ3) is 4.15. The molecule has 0 bridgehead atoms. The molecule has 2 aromatic rings. The van der Waals surface area contributed by atoms with E-state index in [1.54, 1.807) is 32.5 Å². The number of pyridine rings is 1. The Morgan fingerprint density at radius 2 is 2.12 bits per heavy atom. The van der Waals surface area contributed by atoms with Crippen LogP contribution in [0.3, 0.4) is 0 Å². The van der Waals surface area contributed by atoms with Crippen molar-refractivity contribution >= 4 is 11.7 Å². The van der Waals surface area contributed by atoms with Gasteiger partial charge in [0, 0.05) is 32.9 Å². The van der Waals surface area contributed by atoms with E-state index in [1.807, 2.05) is 18.2 Å². The van der Waals surface area contributed by atoms with E-state index in [9.17, 15) is 4.79 Å². The Labute approximate surface area is 148 Å². The van der Waals surface area contributed by atoms with Crippen LogP contribution in [0.4, 0.5) is 5.82 Å². The highest BCUT2D eigenvalue weighted by atomic mass is 16.5. The van der Waals surface area contributed by atoms with Crippen molar-refractivity contribution in [2.75, 3.05) is 38.8 Å². The minimum absolute atomic E-state index is 0.116. The van der Waals surface area contributed by atoms with Crippen molar-refractivity contribution in [3.8, 4) is 5.75 Å². The number of amides is 1. The van der Waals surface area contributed by atoms with E-state index in [0.29, 0.717) is 24.7 Å². The Kier molecular flexibility index (Phi) is 5.63. The molecule has 1 aliphatic heterocycles. The molecule has 0 radical (unpaired) electrons. The lowest BCUT2D eigenvalue weighted by atomic mass is 10.2. The van der Waals surface area contributed by atoms with Crippen molar-refractivity contribution in [1.82, 2.24) is 9.88 Å². The van der Waals surface area contributed by atoms with Crippen molar-refractivity contribution in [2.45, 2.75) is 12.6 Å². The normalized spacial score (nSPS) is 17.9. The van der Waals surface area contributed by atoms with Crippen LogP contribution in [-0.2, 0) is 16.1 Å². The summed E-state index contributed by atoms with van der Waals surface area (Å²) >= 11 is 0. The van der Waals surface area contributed by atoms with Crippen LogP contribution in [-0.4, -0.2) is 55.7 Å². The third-order valence-corrected chi connectivity index (χ3v) is 4.29. The van der Waals surface area contributed by atoms with Crippen molar-refractivity contribution in [2.24, 2.45) is 0 Å². The van der Waals surface area contributed by atoms with Crippen LogP contribution < -0.4 is 9.64 Å². The number of rotatable bonds is 5. The maximum absolute atomic E-state index is 12.8. The van der Waals surface area contributed by atoms with E-state index < -0.39 is 6.10 Å². The number of ether oxygens (including phenoxy) is 2. The highest BCUT2D eigenvalue weighted by Crippen LogP contribution is 2.25. The molecule has 0 spiro atoms. The number of carbonyl (C=O) groups is 1. The van der Waals surface area contributed by atoms with E-state index >= 15 is 0 Å². The monoisotopic (exact) mass is 341 g/mol. The maximum Gasteiger partial charge on any atom is 0.258 e. The van der Waals surface area contributed by atoms with Gasteiger partial charge in [-0.15, -0.1) is 0 Å². The lowest BCUT2D eigenvalue weighted by molar-refractivity contribution is -0.135. The van der Waals surface area contributed by atoms with Gasteiger partial charge in [0.05, 0.1) is 13.7 Å². The van der Waals surface area contributed by atoms with Gasteiger partial charge in [-0.05, 0) is 17.7 Å². The first-order chi connectivity index (χ1) is 12.2. The van der Waals surface area contributed by atoms with Crippen molar-refractivity contribution in [3.05, 3.63) is 54.2 Å². The molecule has 1 fully saturated rings. The van der Waals surface area contributed by atoms with Gasteiger partial charge in [0.25, 0.3) is 5.91 Å². The zero-order valence-corrected chi connectivity index (χ0v) is 14.6. The number of aromatic nitrogens is 1. The molecule has 6 heteroatoms. The van der Waals surface area contributed by atoms with E-state index in [2.05, 4.69) is 22.0 Å². The molecule has 6 nitrogen and oxygen atoms in total. The number of nitrogens with zero attached hydrogens (tertiary/aromatic N) is 3. The Balaban J connectivity index is 1.67. The number of anilines is 1. The van der Waals surface area contributed by atoms with Crippen molar-refractivity contribution < 1.29 is 14.3 Å². The van der Waals surface area contributed by atoms with Crippen LogP contribution in [0.5, 0.6) is 5.75 Å². The summed E-state index contributed by atoms with van der Waals surface area (Å²) < 4.78 is 11.0. The van der Waals surface area contributed by atoms with E-state index in [-0.39, 0.29) is 5.91 Å². The molecule has 3 rings (SSSR count). The molecule has 25 heavy (non-hydrogen) atoms. The molecule has 1 aromatic heterocycles. The SMILES string of the molecule is COc1cccnc1N(C)C(=O)[C@@H]1CN(Cc2ccccc2)CCO1. The largest absolute Gasteiger partial charge is 0.493 e. The first-order valence-electron chi connectivity index (χ1n) is 8.33. The quantitative estimate of drug-likeness (QED) is 0.832. The molecule has 0 N–H and O–H groups in total. The third-order valence-electron chi connectivity index (χ3n) is 4.29. The predicted molar refractivity (Wildman–Crippen MR) is 95.7 cm³/mol. The average molecular weight is 341 g/mol. The molecule has 0 unspecified atom stereocenters.